The summed E-state index contributed by atoms with van der Waals surface area (Å²) in [7, 11) is 0. The van der Waals surface area contributed by atoms with Gasteiger partial charge in [0.2, 0.25) is 9.38 Å². The van der Waals surface area contributed by atoms with Crippen LogP contribution >= 0.6 is 24.0 Å². The first-order chi connectivity index (χ1) is 4.35. The molecule has 0 aliphatic carbocycles. The summed E-state index contributed by atoms with van der Waals surface area (Å²) in [5.74, 6) is -2.28. The van der Waals surface area contributed by atoms with Crippen molar-refractivity contribution in [2.24, 2.45) is 0 Å². The minimum atomic E-state index is -2.28. The summed E-state index contributed by atoms with van der Waals surface area (Å²) in [6, 6.07) is 0. The molecule has 1 aliphatic heterocycles. The SMILES string of the molecule is CC1(F)OC(=S)SC1(C)F. The van der Waals surface area contributed by atoms with Crippen LogP contribution in [0.25, 0.3) is 0 Å². The van der Waals surface area contributed by atoms with Crippen molar-refractivity contribution >= 4 is 28.4 Å². The van der Waals surface area contributed by atoms with Crippen molar-refractivity contribution in [2.75, 3.05) is 0 Å². The Kier molecular flexibility index (Phi) is 1.67. The molecule has 10 heavy (non-hydrogen) atoms. The number of alkyl halides is 2. The molecule has 1 rings (SSSR count). The van der Waals surface area contributed by atoms with E-state index >= 15 is 0 Å². The standard InChI is InChI=1S/C5H6F2OS2/c1-4(6)5(2,7)10-3(9)8-4/h1-2H3. The third kappa shape index (κ3) is 1.12. The lowest BCUT2D eigenvalue weighted by atomic mass is 10.2. The largest absolute Gasteiger partial charge is 0.437 e. The summed E-state index contributed by atoms with van der Waals surface area (Å²) >= 11 is 5.07. The van der Waals surface area contributed by atoms with Gasteiger partial charge in [0, 0.05) is 6.92 Å². The first kappa shape index (κ1) is 8.20. The molecule has 0 saturated carbocycles. The Morgan fingerprint density at radius 2 is 2.00 bits per heavy atom. The molecule has 0 aromatic rings. The minimum absolute atomic E-state index is 0.0741. The zero-order chi connectivity index (χ0) is 7.99. The molecule has 0 spiro atoms. The fraction of sp³-hybridized carbons (Fsp3) is 0.800. The molecule has 1 nitrogen and oxygen atoms in total. The Balaban J connectivity index is 2.88. The average molecular weight is 184 g/mol. The Labute approximate surface area is 67.1 Å². The molecule has 0 N–H and O–H groups in total. The van der Waals surface area contributed by atoms with Crippen molar-refractivity contribution in [1.82, 2.24) is 0 Å². The molecule has 1 fully saturated rings. The molecule has 1 heterocycles. The second-order valence-corrected chi connectivity index (χ2v) is 4.26. The lowest BCUT2D eigenvalue weighted by Crippen LogP contribution is -2.36. The van der Waals surface area contributed by atoms with Crippen LogP contribution in [0.3, 0.4) is 0 Å². The second kappa shape index (κ2) is 2.04. The molecule has 58 valence electrons. The quantitative estimate of drug-likeness (QED) is 0.535. The number of thiocarbonyl (C=S) groups is 1. The molecule has 5 heteroatoms. The van der Waals surface area contributed by atoms with Gasteiger partial charge in [-0.1, -0.05) is 0 Å². The normalized spacial score (nSPS) is 47.4. The van der Waals surface area contributed by atoms with Crippen LogP contribution in [0.2, 0.25) is 0 Å². The second-order valence-electron chi connectivity index (χ2n) is 2.29. The predicted molar refractivity (Wildman–Crippen MR) is 40.3 cm³/mol. The lowest BCUT2D eigenvalue weighted by molar-refractivity contribution is -0.109. The van der Waals surface area contributed by atoms with E-state index in [-0.39, 0.29) is 4.38 Å². The van der Waals surface area contributed by atoms with Gasteiger partial charge in [-0.25, -0.2) is 4.39 Å². The lowest BCUT2D eigenvalue weighted by Gasteiger charge is -2.21. The number of hydrogen-bond acceptors (Lipinski definition) is 3. The Morgan fingerprint density at radius 3 is 2.10 bits per heavy atom. The Hall–Kier alpha value is 0.1000. The number of rotatable bonds is 0. The van der Waals surface area contributed by atoms with Crippen molar-refractivity contribution in [3.05, 3.63) is 0 Å². The first-order valence-electron chi connectivity index (χ1n) is 2.65. The summed E-state index contributed by atoms with van der Waals surface area (Å²) < 4.78 is 30.3. The molecular formula is C5H6F2OS2. The molecule has 0 radical (unpaired) electrons. The first-order valence-corrected chi connectivity index (χ1v) is 3.87. The smallest absolute Gasteiger partial charge is 0.290 e. The Morgan fingerprint density at radius 1 is 1.50 bits per heavy atom. The number of hydrogen-bond donors (Lipinski definition) is 0. The summed E-state index contributed by atoms with van der Waals surface area (Å²) in [6.45, 7) is 2.14. The van der Waals surface area contributed by atoms with Crippen LogP contribution in [0.4, 0.5) is 8.78 Å². The molecule has 0 aromatic heterocycles. The van der Waals surface area contributed by atoms with E-state index in [4.69, 9.17) is 0 Å². The van der Waals surface area contributed by atoms with E-state index in [0.29, 0.717) is 11.8 Å². The summed E-state index contributed by atoms with van der Waals surface area (Å²) in [4.78, 5) is 0. The van der Waals surface area contributed by atoms with Crippen molar-refractivity contribution in [1.29, 1.82) is 0 Å². The van der Waals surface area contributed by atoms with Gasteiger partial charge in [0.05, 0.1) is 0 Å². The van der Waals surface area contributed by atoms with Crippen LogP contribution in [0.15, 0.2) is 0 Å². The molecule has 1 saturated heterocycles. The highest BCUT2D eigenvalue weighted by Crippen LogP contribution is 2.48. The van der Waals surface area contributed by atoms with Crippen molar-refractivity contribution in [3.63, 3.8) is 0 Å². The van der Waals surface area contributed by atoms with Crippen LogP contribution < -0.4 is 0 Å². The van der Waals surface area contributed by atoms with Crippen LogP contribution in [0.5, 0.6) is 0 Å². The van der Waals surface area contributed by atoms with E-state index in [1.165, 1.54) is 0 Å². The van der Waals surface area contributed by atoms with E-state index in [1.54, 1.807) is 0 Å². The maximum atomic E-state index is 13.0. The van der Waals surface area contributed by atoms with Gasteiger partial charge in [0.25, 0.3) is 5.85 Å². The van der Waals surface area contributed by atoms with Crippen LogP contribution in [0.1, 0.15) is 13.8 Å². The summed E-state index contributed by atoms with van der Waals surface area (Å²) in [6.07, 6.45) is 0. The van der Waals surface area contributed by atoms with Gasteiger partial charge < -0.3 is 4.74 Å². The molecule has 0 bridgehead atoms. The van der Waals surface area contributed by atoms with Gasteiger partial charge in [0.15, 0.2) is 0 Å². The highest BCUT2D eigenvalue weighted by molar-refractivity contribution is 8.23. The minimum Gasteiger partial charge on any atom is -0.437 e. The van der Waals surface area contributed by atoms with E-state index in [1.807, 2.05) is 0 Å². The zero-order valence-electron chi connectivity index (χ0n) is 5.48. The number of halogens is 2. The predicted octanol–water partition coefficient (Wildman–Crippen LogP) is 2.41. The Bertz CT molecular complexity index is 160. The molecule has 1 aliphatic rings. The van der Waals surface area contributed by atoms with Gasteiger partial charge in [-0.05, 0) is 30.9 Å². The van der Waals surface area contributed by atoms with Gasteiger partial charge in [-0.15, -0.1) is 0 Å². The molecule has 0 amide bonds. The van der Waals surface area contributed by atoms with E-state index < -0.39 is 10.9 Å². The molecule has 2 atom stereocenters. The maximum Gasteiger partial charge on any atom is 0.290 e. The third-order valence-electron chi connectivity index (χ3n) is 1.35. The highest BCUT2D eigenvalue weighted by Gasteiger charge is 2.56. The van der Waals surface area contributed by atoms with Crippen molar-refractivity contribution < 1.29 is 13.5 Å². The van der Waals surface area contributed by atoms with Gasteiger partial charge in [-0.3, -0.25) is 0 Å². The van der Waals surface area contributed by atoms with Crippen molar-refractivity contribution in [2.45, 2.75) is 24.7 Å². The molecule has 2 unspecified atom stereocenters. The van der Waals surface area contributed by atoms with Gasteiger partial charge in [0.1, 0.15) is 0 Å². The summed E-state index contributed by atoms with van der Waals surface area (Å²) in [5, 5.41) is -2.05. The van der Waals surface area contributed by atoms with Crippen molar-refractivity contribution in [3.8, 4) is 0 Å². The topological polar surface area (TPSA) is 9.23 Å². The fourth-order valence-electron chi connectivity index (χ4n) is 0.516. The number of ether oxygens (including phenoxy) is 1. The van der Waals surface area contributed by atoms with Crippen LogP contribution in [-0.4, -0.2) is 15.2 Å². The van der Waals surface area contributed by atoms with E-state index in [9.17, 15) is 8.78 Å². The van der Waals surface area contributed by atoms with E-state index in [0.717, 1.165) is 13.8 Å². The highest BCUT2D eigenvalue weighted by atomic mass is 32.2. The molecular weight excluding hydrogens is 178 g/mol. The van der Waals surface area contributed by atoms with E-state index in [2.05, 4.69) is 17.0 Å². The van der Waals surface area contributed by atoms with Gasteiger partial charge >= 0.3 is 0 Å². The van der Waals surface area contributed by atoms with Gasteiger partial charge in [-0.2, -0.15) is 4.39 Å². The summed E-state index contributed by atoms with van der Waals surface area (Å²) in [5.41, 5.74) is 0. The number of thioether (sulfide) groups is 1. The average Bonchev–Trinajstić information content (AvgIpc) is 1.73. The zero-order valence-corrected chi connectivity index (χ0v) is 7.11. The fourth-order valence-corrected chi connectivity index (χ4v) is 1.88. The molecule has 0 aromatic carbocycles. The van der Waals surface area contributed by atoms with Crippen LogP contribution in [0, 0.1) is 0 Å². The third-order valence-corrected chi connectivity index (χ3v) is 2.68. The monoisotopic (exact) mass is 184 g/mol. The van der Waals surface area contributed by atoms with Crippen LogP contribution in [-0.2, 0) is 4.74 Å². The maximum absolute atomic E-state index is 13.0.